The Morgan fingerprint density at radius 2 is 0.929 bits per heavy atom. The molecular formula is C40H36O2. The molecule has 0 spiro atoms. The predicted molar refractivity (Wildman–Crippen MR) is 170 cm³/mol. The van der Waals surface area contributed by atoms with Gasteiger partial charge in [0, 0.05) is 5.57 Å². The number of hydrogen-bond acceptors (Lipinski definition) is 2. The van der Waals surface area contributed by atoms with E-state index in [4.69, 9.17) is 0 Å². The van der Waals surface area contributed by atoms with Crippen LogP contribution >= 0.6 is 0 Å². The summed E-state index contributed by atoms with van der Waals surface area (Å²) in [5.74, 6) is 0.283. The molecule has 1 saturated carbocycles. The lowest BCUT2D eigenvalue weighted by Gasteiger charge is -2.56. The molecule has 0 amide bonds. The van der Waals surface area contributed by atoms with Gasteiger partial charge in [0.05, 0.1) is 21.7 Å². The smallest absolute Gasteiger partial charge is 0.167 e. The molecule has 0 radical (unpaired) electrons. The van der Waals surface area contributed by atoms with Crippen LogP contribution in [0.2, 0.25) is 0 Å². The topological polar surface area (TPSA) is 34.1 Å². The summed E-state index contributed by atoms with van der Waals surface area (Å²) in [6, 6.07) is 41.6. The van der Waals surface area contributed by atoms with Gasteiger partial charge in [-0.2, -0.15) is 0 Å². The first-order valence-corrected chi connectivity index (χ1v) is 15.2. The van der Waals surface area contributed by atoms with Crippen molar-refractivity contribution in [1.82, 2.24) is 0 Å². The Morgan fingerprint density at radius 1 is 0.524 bits per heavy atom. The Kier molecular flexibility index (Phi) is 5.76. The van der Waals surface area contributed by atoms with Gasteiger partial charge in [0.2, 0.25) is 0 Å². The Labute approximate surface area is 248 Å². The molecule has 3 aliphatic rings. The summed E-state index contributed by atoms with van der Waals surface area (Å²) >= 11 is 0. The molecule has 0 heterocycles. The molecule has 0 unspecified atom stereocenters. The van der Waals surface area contributed by atoms with Gasteiger partial charge >= 0.3 is 0 Å². The second kappa shape index (κ2) is 9.10. The van der Waals surface area contributed by atoms with Crippen molar-refractivity contribution in [3.8, 4) is 0 Å². The highest BCUT2D eigenvalue weighted by atomic mass is 16.1. The molecule has 2 bridgehead atoms. The summed E-state index contributed by atoms with van der Waals surface area (Å²) in [5, 5.41) is 0. The molecule has 208 valence electrons. The molecule has 4 aromatic rings. The van der Waals surface area contributed by atoms with E-state index in [0.717, 1.165) is 44.5 Å². The minimum Gasteiger partial charge on any atom is -0.298 e. The lowest BCUT2D eigenvalue weighted by Crippen LogP contribution is -2.57. The molecule has 2 heteroatoms. The van der Waals surface area contributed by atoms with Crippen LogP contribution in [0.1, 0.15) is 62.8 Å². The monoisotopic (exact) mass is 548 g/mol. The minimum atomic E-state index is -1.05. The number of rotatable bonds is 6. The molecule has 0 saturated heterocycles. The summed E-state index contributed by atoms with van der Waals surface area (Å²) < 4.78 is 0. The summed E-state index contributed by atoms with van der Waals surface area (Å²) in [4.78, 5) is 31.0. The van der Waals surface area contributed by atoms with Crippen molar-refractivity contribution >= 4 is 28.3 Å². The highest BCUT2D eigenvalue weighted by molar-refractivity contribution is 6.33. The van der Waals surface area contributed by atoms with Gasteiger partial charge in [-0.05, 0) is 65.7 Å². The second-order valence-electron chi connectivity index (χ2n) is 12.3. The van der Waals surface area contributed by atoms with E-state index >= 15 is 9.59 Å². The molecule has 0 aromatic heterocycles. The average molecular weight is 549 g/mol. The molecule has 1 fully saturated rings. The van der Waals surface area contributed by atoms with Crippen LogP contribution in [0.25, 0.3) is 16.7 Å². The van der Waals surface area contributed by atoms with Gasteiger partial charge in [0.25, 0.3) is 0 Å². The largest absolute Gasteiger partial charge is 0.298 e. The van der Waals surface area contributed by atoms with Gasteiger partial charge in [-0.1, -0.05) is 135 Å². The van der Waals surface area contributed by atoms with E-state index in [9.17, 15) is 0 Å². The third kappa shape index (κ3) is 2.72. The van der Waals surface area contributed by atoms with E-state index in [0.29, 0.717) is 12.8 Å². The SMILES string of the molecule is CCC1=C(c2ccccc2)[C@]2(c3ccccc3)[C@@]3(C)C(=O)[C@](C)(C(c4ccccc4)=C3c3ccccc3)[C@]2(CC)C1=O. The zero-order chi connectivity index (χ0) is 29.3. The van der Waals surface area contributed by atoms with Gasteiger partial charge in [0.1, 0.15) is 0 Å². The molecule has 0 N–H and O–H groups in total. The second-order valence-corrected chi connectivity index (χ2v) is 12.3. The number of carbonyl (C=O) groups excluding carboxylic acids is 2. The first-order valence-electron chi connectivity index (χ1n) is 15.2. The van der Waals surface area contributed by atoms with Crippen LogP contribution in [0.4, 0.5) is 0 Å². The minimum absolute atomic E-state index is 0.135. The molecule has 3 aliphatic carbocycles. The summed E-state index contributed by atoms with van der Waals surface area (Å²) in [6.07, 6.45) is 1.16. The van der Waals surface area contributed by atoms with Gasteiger partial charge in [-0.3, -0.25) is 9.59 Å². The number of allylic oxidation sites excluding steroid dienone is 4. The third-order valence-corrected chi connectivity index (χ3v) is 11.0. The highest BCUT2D eigenvalue weighted by Gasteiger charge is 2.89. The maximum atomic E-state index is 15.6. The number of fused-ring (bicyclic) bond motifs is 5. The average Bonchev–Trinajstić information content (AvgIpc) is 3.46. The van der Waals surface area contributed by atoms with Crippen molar-refractivity contribution in [3.05, 3.63) is 149 Å². The summed E-state index contributed by atoms with van der Waals surface area (Å²) in [5.41, 5.74) is 4.14. The van der Waals surface area contributed by atoms with E-state index < -0.39 is 21.7 Å². The van der Waals surface area contributed by atoms with Gasteiger partial charge in [0.15, 0.2) is 11.6 Å². The maximum Gasteiger partial charge on any atom is 0.167 e. The number of Topliss-reactive ketones (excluding diaryl/α,β-unsaturated/α-hetero) is 2. The van der Waals surface area contributed by atoms with Crippen molar-refractivity contribution in [2.24, 2.45) is 16.2 Å². The van der Waals surface area contributed by atoms with Crippen molar-refractivity contribution in [1.29, 1.82) is 0 Å². The van der Waals surface area contributed by atoms with Crippen LogP contribution in [0.3, 0.4) is 0 Å². The quantitative estimate of drug-likeness (QED) is 0.241. The van der Waals surface area contributed by atoms with E-state index in [1.54, 1.807) is 0 Å². The summed E-state index contributed by atoms with van der Waals surface area (Å²) in [6.45, 7) is 8.48. The lowest BCUT2D eigenvalue weighted by molar-refractivity contribution is -0.136. The molecule has 7 rings (SSSR count). The van der Waals surface area contributed by atoms with Crippen molar-refractivity contribution in [2.75, 3.05) is 0 Å². The normalized spacial score (nSPS) is 29.9. The van der Waals surface area contributed by atoms with E-state index in [2.05, 4.69) is 100 Å². The molecule has 42 heavy (non-hydrogen) atoms. The number of benzene rings is 4. The lowest BCUT2D eigenvalue weighted by atomic mass is 9.42. The molecule has 4 aromatic carbocycles. The fourth-order valence-electron chi connectivity index (χ4n) is 9.81. The van der Waals surface area contributed by atoms with Crippen LogP contribution in [0, 0.1) is 16.2 Å². The Bertz CT molecular complexity index is 1780. The van der Waals surface area contributed by atoms with Crippen LogP contribution < -0.4 is 0 Å². The van der Waals surface area contributed by atoms with Crippen molar-refractivity contribution in [3.63, 3.8) is 0 Å². The molecule has 0 aliphatic heterocycles. The van der Waals surface area contributed by atoms with E-state index in [1.807, 2.05) is 48.5 Å². The van der Waals surface area contributed by atoms with Crippen LogP contribution in [-0.2, 0) is 15.0 Å². The predicted octanol–water partition coefficient (Wildman–Crippen LogP) is 8.99. The molecule has 4 atom stereocenters. The van der Waals surface area contributed by atoms with Crippen molar-refractivity contribution < 1.29 is 9.59 Å². The highest BCUT2D eigenvalue weighted by Crippen LogP contribution is 2.87. The molecule has 2 nitrogen and oxygen atoms in total. The van der Waals surface area contributed by atoms with Gasteiger partial charge in [-0.15, -0.1) is 0 Å². The zero-order valence-electron chi connectivity index (χ0n) is 24.8. The fourth-order valence-corrected chi connectivity index (χ4v) is 9.81. The van der Waals surface area contributed by atoms with Gasteiger partial charge < -0.3 is 0 Å². The Balaban J connectivity index is 1.76. The number of ketones is 2. The van der Waals surface area contributed by atoms with Crippen LogP contribution in [0.15, 0.2) is 127 Å². The first kappa shape index (κ1) is 26.6. The molecular weight excluding hydrogens is 512 g/mol. The summed E-state index contributed by atoms with van der Waals surface area (Å²) in [7, 11) is 0. The zero-order valence-corrected chi connectivity index (χ0v) is 24.8. The van der Waals surface area contributed by atoms with Crippen LogP contribution in [-0.4, -0.2) is 11.6 Å². The maximum absolute atomic E-state index is 15.6. The van der Waals surface area contributed by atoms with Crippen LogP contribution in [0.5, 0.6) is 0 Å². The van der Waals surface area contributed by atoms with E-state index in [1.165, 1.54) is 0 Å². The number of carbonyl (C=O) groups is 2. The fraction of sp³-hybridized carbons (Fsp3) is 0.250. The Morgan fingerprint density at radius 3 is 1.36 bits per heavy atom. The number of hydrogen-bond donors (Lipinski definition) is 0. The van der Waals surface area contributed by atoms with Crippen molar-refractivity contribution in [2.45, 2.75) is 46.0 Å². The van der Waals surface area contributed by atoms with E-state index in [-0.39, 0.29) is 11.6 Å². The first-order chi connectivity index (χ1) is 20.4. The van der Waals surface area contributed by atoms with Gasteiger partial charge in [-0.25, -0.2) is 0 Å². The standard InChI is InChI=1S/C40H36O2/c1-5-31-32(27-19-11-7-12-20-27)40(30-25-17-10-18-26-30)38(4)34(29-23-15-9-16-24-29)33(28-21-13-8-14-22-28)37(3,36(38)42)39(40,6-2)35(31)41/h7-26H,5-6H2,1-4H3/t37-,38+,39-,40+/m0/s1. The Hall–Kier alpha value is -4.30. The third-order valence-electron chi connectivity index (χ3n) is 11.0.